The Morgan fingerprint density at radius 1 is 0.435 bits per heavy atom. The Hall–Kier alpha value is -9.68. The van der Waals surface area contributed by atoms with Gasteiger partial charge in [-0.1, -0.05) is 228 Å². The van der Waals surface area contributed by atoms with Gasteiger partial charge < -0.3 is 14.8 Å². The summed E-state index contributed by atoms with van der Waals surface area (Å²) in [5, 5.41) is 9.57. The summed E-state index contributed by atoms with van der Waals surface area (Å²) in [4.78, 5) is 2.66. The van der Waals surface area contributed by atoms with Crippen LogP contribution in [-0.4, -0.2) is 11.3 Å². The summed E-state index contributed by atoms with van der Waals surface area (Å²) >= 11 is 1.92. The van der Waals surface area contributed by atoms with E-state index in [4.69, 9.17) is 0 Å². The topological polar surface area (TPSA) is 20.2 Å². The fraction of sp³-hybridized carbons (Fsp3) is 0.100. The molecule has 2 aliphatic heterocycles. The molecule has 85 heavy (non-hydrogen) atoms. The lowest BCUT2D eigenvalue weighted by atomic mass is 9.33. The fourth-order valence-electron chi connectivity index (χ4n) is 14.0. The number of rotatable bonds is 10. The first kappa shape index (κ1) is 51.0. The lowest BCUT2D eigenvalue weighted by Gasteiger charge is -2.43. The highest BCUT2D eigenvalue weighted by atomic mass is 32.1. The zero-order chi connectivity index (χ0) is 56.9. The van der Waals surface area contributed by atoms with Crippen molar-refractivity contribution in [2.45, 2.75) is 52.4 Å². The molecule has 14 aromatic rings. The highest BCUT2D eigenvalue weighted by molar-refractivity contribution is 7.25. The van der Waals surface area contributed by atoms with Crippen molar-refractivity contribution in [2.24, 2.45) is 0 Å². The molecule has 0 unspecified atom stereocenters. The molecule has 12 aromatic carbocycles. The van der Waals surface area contributed by atoms with Gasteiger partial charge in [0.05, 0.1) is 22.4 Å². The highest BCUT2D eigenvalue weighted by Crippen LogP contribution is 2.53. The van der Waals surface area contributed by atoms with Crippen molar-refractivity contribution in [2.75, 3.05) is 10.2 Å². The molecule has 0 spiro atoms. The van der Waals surface area contributed by atoms with Gasteiger partial charge in [-0.25, -0.2) is 0 Å². The largest absolute Gasteiger partial charge is 0.356 e. The first-order valence-electron chi connectivity index (χ1n) is 30.2. The molecule has 0 radical (unpaired) electrons. The molecule has 4 heterocycles. The van der Waals surface area contributed by atoms with Gasteiger partial charge in [-0.3, -0.25) is 0 Å². The molecular weight excluding hydrogens is 1050 g/mol. The number of fused-ring (bicyclic) bond motifs is 10. The molecule has 3 nitrogen and oxygen atoms in total. The van der Waals surface area contributed by atoms with E-state index in [1.165, 1.54) is 131 Å². The van der Waals surface area contributed by atoms with E-state index in [1.54, 1.807) is 0 Å². The zero-order valence-electron chi connectivity index (χ0n) is 48.3. The molecule has 2 aliphatic rings. The molecular formula is C80H62BN3S. The number of hydrogen-bond acceptors (Lipinski definition) is 3. The quantitative estimate of drug-likeness (QED) is 0.138. The number of benzene rings is 12. The van der Waals surface area contributed by atoms with Crippen molar-refractivity contribution in [1.29, 1.82) is 0 Å². The van der Waals surface area contributed by atoms with E-state index in [1.807, 2.05) is 11.3 Å². The summed E-state index contributed by atoms with van der Waals surface area (Å²) in [6, 6.07) is 98.3. The second-order valence-corrected chi connectivity index (χ2v) is 25.3. The minimum atomic E-state index is -0.209. The van der Waals surface area contributed by atoms with Gasteiger partial charge in [0.15, 0.2) is 0 Å². The SMILES string of the molecule is CCCCc1cc2sc3ccccc3c2cc1-c1c(-n2c3ccccc3c3ccccc32)ccc2c1Nc1cc(C(C)(C)C)cc3c1B2c1cc(-c2ccccc2)ccc1N3c1c(-c2ccccc2)cc(-c2ccccc2)cc1-c1ccccc1. The van der Waals surface area contributed by atoms with Crippen LogP contribution in [0.2, 0.25) is 0 Å². The zero-order valence-corrected chi connectivity index (χ0v) is 49.1. The predicted molar refractivity (Wildman–Crippen MR) is 367 cm³/mol. The third kappa shape index (κ3) is 8.39. The van der Waals surface area contributed by atoms with E-state index in [-0.39, 0.29) is 12.1 Å². The molecule has 0 fully saturated rings. The van der Waals surface area contributed by atoms with Crippen molar-refractivity contribution < 1.29 is 0 Å². The second kappa shape index (κ2) is 20.3. The first-order valence-corrected chi connectivity index (χ1v) is 31.0. The number of thiophene rings is 1. The summed E-state index contributed by atoms with van der Waals surface area (Å²) in [5.41, 5.74) is 27.6. The van der Waals surface area contributed by atoms with Gasteiger partial charge >= 0.3 is 0 Å². The molecule has 0 atom stereocenters. The Balaban J connectivity index is 1.05. The van der Waals surface area contributed by atoms with Gasteiger partial charge in [-0.2, -0.15) is 0 Å². The number of anilines is 5. The van der Waals surface area contributed by atoms with Crippen molar-refractivity contribution in [3.05, 3.63) is 272 Å². The standard InChI is InChI=1S/C80H62BN3S/c1-5-6-25-56-47-75-65(61-36-21-24-39-74(61)85-75)50-62(56)76-72(83-69-37-22-19-34-59(69)60-35-20-23-38-70(60)83)43-41-66-78(76)82-68-48-58(80(2,3)4)49-73-77(68)81(66)67-46-55(51-26-11-7-12-27-51)40-42-71(67)84(73)79-63(53-30-15-9-16-31-53)44-57(52-28-13-8-14-29-52)45-64(79)54-32-17-10-18-33-54/h7-24,26-50,82H,5-6,25H2,1-4H3. The number of para-hydroxylation sites is 2. The normalized spacial score (nSPS) is 12.7. The summed E-state index contributed by atoms with van der Waals surface area (Å²) in [6.45, 7) is 9.29. The summed E-state index contributed by atoms with van der Waals surface area (Å²) in [6.07, 6.45) is 3.17. The molecule has 0 saturated heterocycles. The molecule has 406 valence electrons. The van der Waals surface area contributed by atoms with Gasteiger partial charge in [0.25, 0.3) is 6.71 Å². The fourth-order valence-corrected chi connectivity index (χ4v) is 15.2. The minimum absolute atomic E-state index is 0.148. The maximum atomic E-state index is 4.45. The second-order valence-electron chi connectivity index (χ2n) is 24.3. The Kier molecular flexibility index (Phi) is 12.2. The number of nitrogens with one attached hydrogen (secondary N) is 1. The van der Waals surface area contributed by atoms with E-state index in [2.05, 4.69) is 303 Å². The number of unbranched alkanes of at least 4 members (excludes halogenated alkanes) is 1. The lowest BCUT2D eigenvalue weighted by Crippen LogP contribution is -2.60. The molecule has 1 N–H and O–H groups in total. The first-order chi connectivity index (χ1) is 41.8. The van der Waals surface area contributed by atoms with Gasteiger partial charge in [-0.15, -0.1) is 11.3 Å². The van der Waals surface area contributed by atoms with Crippen LogP contribution < -0.4 is 26.6 Å². The average molecular weight is 1110 g/mol. The van der Waals surface area contributed by atoms with E-state index in [0.29, 0.717) is 0 Å². The molecule has 0 aliphatic carbocycles. The summed E-state index contributed by atoms with van der Waals surface area (Å²) in [7, 11) is 0. The van der Waals surface area contributed by atoms with Crippen LogP contribution in [0.3, 0.4) is 0 Å². The van der Waals surface area contributed by atoms with Crippen molar-refractivity contribution in [3.8, 4) is 61.3 Å². The van der Waals surface area contributed by atoms with Gasteiger partial charge in [-0.05, 0) is 151 Å². The monoisotopic (exact) mass is 1110 g/mol. The van der Waals surface area contributed by atoms with E-state index < -0.39 is 0 Å². The van der Waals surface area contributed by atoms with Crippen molar-refractivity contribution >= 4 is 105 Å². The molecule has 0 bridgehead atoms. The van der Waals surface area contributed by atoms with Crippen LogP contribution in [0.25, 0.3) is 103 Å². The number of hydrogen-bond donors (Lipinski definition) is 1. The number of aromatic nitrogens is 1. The van der Waals surface area contributed by atoms with Crippen LogP contribution in [0.5, 0.6) is 0 Å². The smallest absolute Gasteiger partial charge is 0.252 e. The molecule has 5 heteroatoms. The van der Waals surface area contributed by atoms with Crippen LogP contribution in [0.4, 0.5) is 28.4 Å². The Morgan fingerprint density at radius 2 is 1.00 bits per heavy atom. The maximum Gasteiger partial charge on any atom is 0.252 e. The molecule has 16 rings (SSSR count). The Bertz CT molecular complexity index is 4820. The molecule has 2 aromatic heterocycles. The van der Waals surface area contributed by atoms with Crippen LogP contribution in [-0.2, 0) is 11.8 Å². The maximum absolute atomic E-state index is 4.45. The van der Waals surface area contributed by atoms with E-state index >= 15 is 0 Å². The van der Waals surface area contributed by atoms with Gasteiger partial charge in [0.2, 0.25) is 0 Å². The summed E-state index contributed by atoms with van der Waals surface area (Å²) < 4.78 is 5.22. The molecule has 0 saturated carbocycles. The highest BCUT2D eigenvalue weighted by Gasteiger charge is 2.44. The third-order valence-corrected chi connectivity index (χ3v) is 19.3. The molecule has 0 amide bonds. The van der Waals surface area contributed by atoms with Crippen LogP contribution in [0.15, 0.2) is 261 Å². The minimum Gasteiger partial charge on any atom is -0.356 e. The number of aryl methyl sites for hydroxylation is 1. The summed E-state index contributed by atoms with van der Waals surface area (Å²) in [5.74, 6) is 0. The Morgan fingerprint density at radius 3 is 1.62 bits per heavy atom. The van der Waals surface area contributed by atoms with Gasteiger partial charge in [0, 0.05) is 70.4 Å². The Labute approximate surface area is 502 Å². The lowest BCUT2D eigenvalue weighted by molar-refractivity contribution is 0.591. The predicted octanol–water partition coefficient (Wildman–Crippen LogP) is 20.5. The van der Waals surface area contributed by atoms with Crippen LogP contribution in [0.1, 0.15) is 51.7 Å². The van der Waals surface area contributed by atoms with Crippen LogP contribution in [0, 0.1) is 0 Å². The van der Waals surface area contributed by atoms with Crippen molar-refractivity contribution in [3.63, 3.8) is 0 Å². The van der Waals surface area contributed by atoms with Crippen molar-refractivity contribution in [1.82, 2.24) is 4.57 Å². The number of nitrogens with zero attached hydrogens (tertiary/aromatic N) is 2. The third-order valence-electron chi connectivity index (χ3n) is 18.1. The van der Waals surface area contributed by atoms with E-state index in [9.17, 15) is 0 Å². The average Bonchev–Trinajstić information content (AvgIpc) is 0.800. The van der Waals surface area contributed by atoms with E-state index in [0.717, 1.165) is 47.5 Å². The van der Waals surface area contributed by atoms with Gasteiger partial charge in [0.1, 0.15) is 0 Å². The van der Waals surface area contributed by atoms with Crippen LogP contribution >= 0.6 is 11.3 Å².